The number of fused-ring (bicyclic) bond motifs is 1. The maximum atomic E-state index is 12.6. The van der Waals surface area contributed by atoms with Gasteiger partial charge in [-0.05, 0) is 13.3 Å². The summed E-state index contributed by atoms with van der Waals surface area (Å²) >= 11 is 1.54. The van der Waals surface area contributed by atoms with Gasteiger partial charge >= 0.3 is 0 Å². The van der Waals surface area contributed by atoms with Crippen molar-refractivity contribution in [3.05, 3.63) is 16.5 Å². The van der Waals surface area contributed by atoms with E-state index in [1.54, 1.807) is 11.8 Å². The standard InChI is InChI=1S/C14H17N3O3S/c1-14(5-4-10(18)15-13(14)20)17-6-8-9(11(17)19)7-21-12(8)16(2)3/h7H,4-6H2,1-3H3,(H,15,18,20). The van der Waals surface area contributed by atoms with E-state index in [9.17, 15) is 14.4 Å². The minimum atomic E-state index is -0.953. The van der Waals surface area contributed by atoms with Gasteiger partial charge in [0, 0.05) is 31.5 Å². The first-order valence-corrected chi connectivity index (χ1v) is 7.66. The Bertz CT molecular complexity index is 652. The minimum Gasteiger partial charge on any atom is -0.369 e. The molecular weight excluding hydrogens is 290 g/mol. The molecule has 1 aromatic rings. The fourth-order valence-electron chi connectivity index (χ4n) is 2.91. The van der Waals surface area contributed by atoms with Crippen LogP contribution in [0.4, 0.5) is 5.00 Å². The number of nitrogens with one attached hydrogen (secondary N) is 1. The Morgan fingerprint density at radius 2 is 2.05 bits per heavy atom. The van der Waals surface area contributed by atoms with Crippen LogP contribution in [0.3, 0.4) is 0 Å². The second-order valence-electron chi connectivity index (χ2n) is 5.87. The summed E-state index contributed by atoms with van der Waals surface area (Å²) in [5, 5.41) is 5.23. The fraction of sp³-hybridized carbons (Fsp3) is 0.500. The molecule has 6 nitrogen and oxygen atoms in total. The molecular formula is C14H17N3O3S. The third-order valence-corrected chi connectivity index (χ3v) is 5.43. The molecule has 1 fully saturated rings. The quantitative estimate of drug-likeness (QED) is 0.827. The van der Waals surface area contributed by atoms with E-state index in [0.717, 1.165) is 10.6 Å². The third-order valence-electron chi connectivity index (χ3n) is 4.25. The summed E-state index contributed by atoms with van der Waals surface area (Å²) in [6.45, 7) is 2.15. The van der Waals surface area contributed by atoms with Crippen molar-refractivity contribution in [1.29, 1.82) is 0 Å². The van der Waals surface area contributed by atoms with Gasteiger partial charge in [0.05, 0.1) is 17.1 Å². The Morgan fingerprint density at radius 1 is 1.33 bits per heavy atom. The lowest BCUT2D eigenvalue weighted by atomic mass is 9.89. The van der Waals surface area contributed by atoms with Crippen LogP contribution in [0.5, 0.6) is 0 Å². The molecule has 1 aromatic heterocycles. The molecule has 0 aliphatic carbocycles. The number of imide groups is 1. The molecule has 2 aliphatic heterocycles. The molecule has 21 heavy (non-hydrogen) atoms. The summed E-state index contributed by atoms with van der Waals surface area (Å²) in [5.74, 6) is -0.777. The largest absolute Gasteiger partial charge is 0.369 e. The number of nitrogens with zero attached hydrogens (tertiary/aromatic N) is 2. The zero-order chi connectivity index (χ0) is 15.4. The summed E-state index contributed by atoms with van der Waals surface area (Å²) in [5.41, 5.74) is 0.696. The normalized spacial score (nSPS) is 25.1. The van der Waals surface area contributed by atoms with Crippen LogP contribution < -0.4 is 10.2 Å². The highest BCUT2D eigenvalue weighted by atomic mass is 32.1. The van der Waals surface area contributed by atoms with Crippen LogP contribution in [0, 0.1) is 0 Å². The molecule has 0 spiro atoms. The van der Waals surface area contributed by atoms with Crippen LogP contribution in [0.2, 0.25) is 0 Å². The molecule has 1 N–H and O–H groups in total. The van der Waals surface area contributed by atoms with Gasteiger partial charge in [0.25, 0.3) is 11.8 Å². The van der Waals surface area contributed by atoms with Crippen LogP contribution in [0.25, 0.3) is 0 Å². The van der Waals surface area contributed by atoms with E-state index in [1.807, 2.05) is 24.4 Å². The minimum absolute atomic E-state index is 0.124. The molecule has 3 heterocycles. The van der Waals surface area contributed by atoms with Crippen molar-refractivity contribution >= 4 is 34.1 Å². The van der Waals surface area contributed by atoms with Crippen molar-refractivity contribution in [3.8, 4) is 0 Å². The van der Waals surface area contributed by atoms with E-state index in [1.165, 1.54) is 11.3 Å². The smallest absolute Gasteiger partial charge is 0.256 e. The zero-order valence-electron chi connectivity index (χ0n) is 12.2. The molecule has 0 aromatic carbocycles. The van der Waals surface area contributed by atoms with E-state index in [2.05, 4.69) is 5.32 Å². The zero-order valence-corrected chi connectivity index (χ0v) is 13.0. The molecule has 2 aliphatic rings. The van der Waals surface area contributed by atoms with Gasteiger partial charge in [-0.15, -0.1) is 11.3 Å². The number of amides is 3. The fourth-order valence-corrected chi connectivity index (χ4v) is 3.91. The number of thiophene rings is 1. The van der Waals surface area contributed by atoms with E-state index in [-0.39, 0.29) is 24.1 Å². The first-order chi connectivity index (χ1) is 9.84. The lowest BCUT2D eigenvalue weighted by molar-refractivity contribution is -0.142. The second kappa shape index (κ2) is 4.56. The maximum Gasteiger partial charge on any atom is 0.256 e. The van der Waals surface area contributed by atoms with Gasteiger partial charge in [0.1, 0.15) is 5.54 Å². The van der Waals surface area contributed by atoms with Crippen LogP contribution in [-0.4, -0.2) is 42.3 Å². The van der Waals surface area contributed by atoms with Gasteiger partial charge in [-0.25, -0.2) is 0 Å². The highest BCUT2D eigenvalue weighted by molar-refractivity contribution is 7.14. The highest BCUT2D eigenvalue weighted by Gasteiger charge is 2.49. The lowest BCUT2D eigenvalue weighted by Gasteiger charge is -2.39. The Morgan fingerprint density at radius 3 is 2.67 bits per heavy atom. The lowest BCUT2D eigenvalue weighted by Crippen LogP contribution is -2.61. The second-order valence-corrected chi connectivity index (χ2v) is 6.73. The molecule has 1 unspecified atom stereocenters. The molecule has 0 bridgehead atoms. The van der Waals surface area contributed by atoms with Crippen molar-refractivity contribution < 1.29 is 14.4 Å². The number of carbonyl (C=O) groups is 3. The Kier molecular flexibility index (Phi) is 3.05. The molecule has 1 atom stereocenters. The molecule has 0 saturated carbocycles. The molecule has 3 amide bonds. The Hall–Kier alpha value is -1.89. The molecule has 1 saturated heterocycles. The Labute approximate surface area is 126 Å². The van der Waals surface area contributed by atoms with Gasteiger partial charge in [-0.3, -0.25) is 19.7 Å². The summed E-state index contributed by atoms with van der Waals surface area (Å²) < 4.78 is 0. The summed E-state index contributed by atoms with van der Waals surface area (Å²) in [7, 11) is 3.87. The molecule has 112 valence electrons. The van der Waals surface area contributed by atoms with Gasteiger partial charge in [-0.1, -0.05) is 0 Å². The molecule has 7 heteroatoms. The number of carbonyl (C=O) groups excluding carboxylic acids is 3. The van der Waals surface area contributed by atoms with Crippen molar-refractivity contribution in [3.63, 3.8) is 0 Å². The van der Waals surface area contributed by atoms with Crippen LogP contribution in [0.15, 0.2) is 5.38 Å². The predicted molar refractivity (Wildman–Crippen MR) is 79.3 cm³/mol. The average molecular weight is 307 g/mol. The van der Waals surface area contributed by atoms with Crippen LogP contribution in [0.1, 0.15) is 35.7 Å². The van der Waals surface area contributed by atoms with Gasteiger partial charge in [0.15, 0.2) is 0 Å². The summed E-state index contributed by atoms with van der Waals surface area (Å²) in [6, 6.07) is 0. The topological polar surface area (TPSA) is 69.7 Å². The van der Waals surface area contributed by atoms with E-state index >= 15 is 0 Å². The monoisotopic (exact) mass is 307 g/mol. The highest BCUT2D eigenvalue weighted by Crippen LogP contribution is 2.41. The number of rotatable bonds is 2. The van der Waals surface area contributed by atoms with Crippen LogP contribution in [-0.2, 0) is 16.1 Å². The van der Waals surface area contributed by atoms with Crippen molar-refractivity contribution in [2.75, 3.05) is 19.0 Å². The maximum absolute atomic E-state index is 12.6. The number of hydrogen-bond acceptors (Lipinski definition) is 5. The van der Waals surface area contributed by atoms with Crippen molar-refractivity contribution in [2.45, 2.75) is 31.8 Å². The summed E-state index contributed by atoms with van der Waals surface area (Å²) in [4.78, 5) is 39.7. The van der Waals surface area contributed by atoms with Gasteiger partial charge < -0.3 is 9.80 Å². The van der Waals surface area contributed by atoms with Crippen molar-refractivity contribution in [1.82, 2.24) is 10.2 Å². The first-order valence-electron chi connectivity index (χ1n) is 6.78. The van der Waals surface area contributed by atoms with Gasteiger partial charge in [-0.2, -0.15) is 0 Å². The van der Waals surface area contributed by atoms with E-state index < -0.39 is 5.54 Å². The van der Waals surface area contributed by atoms with E-state index in [4.69, 9.17) is 0 Å². The first kappa shape index (κ1) is 14.1. The van der Waals surface area contributed by atoms with E-state index in [0.29, 0.717) is 18.5 Å². The summed E-state index contributed by atoms with van der Waals surface area (Å²) in [6.07, 6.45) is 0.633. The number of hydrogen-bond donors (Lipinski definition) is 1. The molecule has 3 rings (SSSR count). The average Bonchev–Trinajstić information content (AvgIpc) is 2.96. The predicted octanol–water partition coefficient (Wildman–Crippen LogP) is 0.965. The Balaban J connectivity index is 1.94. The third kappa shape index (κ3) is 1.95. The van der Waals surface area contributed by atoms with Crippen molar-refractivity contribution in [2.24, 2.45) is 0 Å². The van der Waals surface area contributed by atoms with Gasteiger partial charge in [0.2, 0.25) is 5.91 Å². The number of piperidine rings is 1. The number of anilines is 1. The molecule has 0 radical (unpaired) electrons. The SMILES string of the molecule is CN(C)c1scc2c1CN(C1(C)CCC(=O)NC1=O)C2=O. The van der Waals surface area contributed by atoms with Crippen LogP contribution >= 0.6 is 11.3 Å².